The summed E-state index contributed by atoms with van der Waals surface area (Å²) in [6.45, 7) is 14.8. The van der Waals surface area contributed by atoms with Gasteiger partial charge in [0.05, 0.1) is 5.56 Å². The van der Waals surface area contributed by atoms with Gasteiger partial charge in [-0.05, 0) is 55.8 Å². The van der Waals surface area contributed by atoms with Crippen molar-refractivity contribution in [2.75, 3.05) is 0 Å². The lowest BCUT2D eigenvalue weighted by molar-refractivity contribution is 0.458. The fraction of sp³-hybridized carbons (Fsp3) is 0.444. The highest BCUT2D eigenvalue weighted by Crippen LogP contribution is 2.41. The SMILES string of the molecule is C/C(N)=C\C=C(/C)c1c(O)cccc1O[Si](C)(C)C(C)(C)C. The van der Waals surface area contributed by atoms with Gasteiger partial charge in [-0.25, -0.2) is 0 Å². The van der Waals surface area contributed by atoms with Crippen LogP contribution in [0.1, 0.15) is 40.2 Å². The summed E-state index contributed by atoms with van der Waals surface area (Å²) in [7, 11) is -1.97. The van der Waals surface area contributed by atoms with E-state index >= 15 is 0 Å². The molecule has 0 heterocycles. The fourth-order valence-corrected chi connectivity index (χ4v) is 2.79. The van der Waals surface area contributed by atoms with Crippen molar-refractivity contribution in [3.8, 4) is 11.5 Å². The van der Waals surface area contributed by atoms with E-state index in [1.807, 2.05) is 38.1 Å². The summed E-state index contributed by atoms with van der Waals surface area (Å²) in [4.78, 5) is 0. The molecule has 1 aromatic carbocycles. The van der Waals surface area contributed by atoms with Gasteiger partial charge in [0, 0.05) is 5.70 Å². The lowest BCUT2D eigenvalue weighted by Crippen LogP contribution is -2.44. The Bertz CT molecular complexity index is 592. The lowest BCUT2D eigenvalue weighted by atomic mass is 10.0. The first-order chi connectivity index (χ1) is 9.95. The maximum Gasteiger partial charge on any atom is 0.250 e. The van der Waals surface area contributed by atoms with Crippen molar-refractivity contribution in [2.24, 2.45) is 5.73 Å². The number of hydrogen-bond acceptors (Lipinski definition) is 3. The third-order valence-corrected chi connectivity index (χ3v) is 8.51. The Hall–Kier alpha value is -1.68. The molecule has 4 heteroatoms. The van der Waals surface area contributed by atoms with Gasteiger partial charge in [0.1, 0.15) is 11.5 Å². The average molecular weight is 320 g/mol. The van der Waals surface area contributed by atoms with Crippen LogP contribution in [0, 0.1) is 0 Å². The molecule has 0 amide bonds. The second kappa shape index (κ2) is 6.61. The Kier molecular flexibility index (Phi) is 5.52. The molecule has 0 aliphatic heterocycles. The van der Waals surface area contributed by atoms with Crippen molar-refractivity contribution in [1.82, 2.24) is 0 Å². The van der Waals surface area contributed by atoms with Crippen LogP contribution in [0.15, 0.2) is 36.0 Å². The van der Waals surface area contributed by atoms with Crippen molar-refractivity contribution in [2.45, 2.75) is 52.8 Å². The van der Waals surface area contributed by atoms with E-state index in [1.165, 1.54) is 0 Å². The first kappa shape index (κ1) is 18.4. The van der Waals surface area contributed by atoms with Gasteiger partial charge in [-0.2, -0.15) is 0 Å². The molecule has 0 aromatic heterocycles. The predicted octanol–water partition coefficient (Wildman–Crippen LogP) is 5.04. The van der Waals surface area contributed by atoms with E-state index in [0.717, 1.165) is 22.6 Å². The number of hydrogen-bond donors (Lipinski definition) is 2. The molecule has 0 unspecified atom stereocenters. The molecule has 0 radical (unpaired) electrons. The number of nitrogens with two attached hydrogens (primary N) is 1. The number of aromatic hydroxyl groups is 1. The molecule has 3 nitrogen and oxygen atoms in total. The monoisotopic (exact) mass is 319 g/mol. The highest BCUT2D eigenvalue weighted by molar-refractivity contribution is 6.74. The van der Waals surface area contributed by atoms with E-state index in [1.54, 1.807) is 6.07 Å². The second-order valence-corrected chi connectivity index (χ2v) is 12.0. The van der Waals surface area contributed by atoms with E-state index in [0.29, 0.717) is 0 Å². The van der Waals surface area contributed by atoms with Crippen LogP contribution >= 0.6 is 0 Å². The molecule has 0 spiro atoms. The van der Waals surface area contributed by atoms with Gasteiger partial charge in [0.2, 0.25) is 0 Å². The number of phenolic OH excluding ortho intramolecular Hbond substituents is 1. The van der Waals surface area contributed by atoms with Gasteiger partial charge < -0.3 is 15.3 Å². The molecule has 22 heavy (non-hydrogen) atoms. The summed E-state index contributed by atoms with van der Waals surface area (Å²) in [6, 6.07) is 5.43. The van der Waals surface area contributed by atoms with Crippen LogP contribution in [-0.2, 0) is 0 Å². The Morgan fingerprint density at radius 2 is 1.77 bits per heavy atom. The third-order valence-electron chi connectivity index (χ3n) is 4.17. The van der Waals surface area contributed by atoms with Crippen molar-refractivity contribution >= 4 is 13.9 Å². The number of phenols is 1. The zero-order valence-corrected chi connectivity index (χ0v) is 15.8. The minimum Gasteiger partial charge on any atom is -0.543 e. The fourth-order valence-electron chi connectivity index (χ4n) is 1.77. The molecule has 0 saturated heterocycles. The Balaban J connectivity index is 3.32. The van der Waals surface area contributed by atoms with Gasteiger partial charge in [0.15, 0.2) is 0 Å². The van der Waals surface area contributed by atoms with E-state index in [-0.39, 0.29) is 10.8 Å². The summed E-state index contributed by atoms with van der Waals surface area (Å²) in [5.74, 6) is 0.969. The van der Waals surface area contributed by atoms with Crippen LogP contribution in [0.25, 0.3) is 5.57 Å². The normalized spacial score (nSPS) is 14.1. The summed E-state index contributed by atoms with van der Waals surface area (Å²) in [6.07, 6.45) is 3.74. The van der Waals surface area contributed by atoms with Crippen molar-refractivity contribution in [1.29, 1.82) is 0 Å². The summed E-state index contributed by atoms with van der Waals surface area (Å²) in [5.41, 5.74) is 8.08. The van der Waals surface area contributed by atoms with Crippen molar-refractivity contribution in [3.05, 3.63) is 41.6 Å². The molecule has 122 valence electrons. The zero-order valence-electron chi connectivity index (χ0n) is 14.8. The maximum atomic E-state index is 10.3. The smallest absolute Gasteiger partial charge is 0.250 e. The summed E-state index contributed by atoms with van der Waals surface area (Å²) >= 11 is 0. The number of allylic oxidation sites excluding steroid dienone is 4. The molecule has 0 bridgehead atoms. The zero-order chi connectivity index (χ0) is 17.1. The van der Waals surface area contributed by atoms with Crippen LogP contribution in [-0.4, -0.2) is 13.4 Å². The predicted molar refractivity (Wildman–Crippen MR) is 97.5 cm³/mol. The van der Waals surface area contributed by atoms with Gasteiger partial charge >= 0.3 is 0 Å². The minimum atomic E-state index is -1.97. The molecule has 0 aliphatic rings. The van der Waals surface area contributed by atoms with Gasteiger partial charge in [0.25, 0.3) is 8.32 Å². The van der Waals surface area contributed by atoms with Gasteiger partial charge in [-0.1, -0.05) is 32.9 Å². The first-order valence-corrected chi connectivity index (χ1v) is 10.5. The van der Waals surface area contributed by atoms with Crippen LogP contribution < -0.4 is 10.2 Å². The third kappa shape index (κ3) is 4.40. The highest BCUT2D eigenvalue weighted by atomic mass is 28.4. The number of benzene rings is 1. The molecular weight excluding hydrogens is 290 g/mol. The molecular formula is C18H29NO2Si. The summed E-state index contributed by atoms with van der Waals surface area (Å²) in [5, 5.41) is 10.4. The largest absolute Gasteiger partial charge is 0.543 e. The van der Waals surface area contributed by atoms with Gasteiger partial charge in [-0.15, -0.1) is 0 Å². The molecule has 0 aliphatic carbocycles. The van der Waals surface area contributed by atoms with E-state index in [2.05, 4.69) is 33.9 Å². The van der Waals surface area contributed by atoms with Crippen molar-refractivity contribution < 1.29 is 9.53 Å². The highest BCUT2D eigenvalue weighted by Gasteiger charge is 2.39. The maximum absolute atomic E-state index is 10.3. The van der Waals surface area contributed by atoms with E-state index in [4.69, 9.17) is 10.2 Å². The van der Waals surface area contributed by atoms with Crippen LogP contribution in [0.5, 0.6) is 11.5 Å². The van der Waals surface area contributed by atoms with E-state index < -0.39 is 8.32 Å². The standard InChI is InChI=1S/C18H29NO2Si/c1-13(11-12-14(2)19)17-15(20)9-8-10-16(17)21-22(6,7)18(3,4)5/h8-12,20H,19H2,1-7H3/b13-11+,14-12+. The Labute approximate surface area is 135 Å². The molecule has 0 fully saturated rings. The molecule has 0 atom stereocenters. The molecule has 1 rings (SSSR count). The topological polar surface area (TPSA) is 55.5 Å². The average Bonchev–Trinajstić information content (AvgIpc) is 2.34. The quantitative estimate of drug-likeness (QED) is 0.603. The van der Waals surface area contributed by atoms with Crippen LogP contribution in [0.4, 0.5) is 0 Å². The number of rotatable bonds is 4. The minimum absolute atomic E-state index is 0.0983. The second-order valence-electron chi connectivity index (χ2n) is 7.27. The Morgan fingerprint density at radius 3 is 2.27 bits per heavy atom. The lowest BCUT2D eigenvalue weighted by Gasteiger charge is -2.37. The first-order valence-electron chi connectivity index (χ1n) is 7.58. The van der Waals surface area contributed by atoms with Crippen LogP contribution in [0.2, 0.25) is 18.1 Å². The molecule has 3 N–H and O–H groups in total. The van der Waals surface area contributed by atoms with E-state index in [9.17, 15) is 5.11 Å². The Morgan fingerprint density at radius 1 is 1.18 bits per heavy atom. The summed E-state index contributed by atoms with van der Waals surface area (Å²) < 4.78 is 6.39. The van der Waals surface area contributed by atoms with Crippen LogP contribution in [0.3, 0.4) is 0 Å². The molecule has 0 saturated carbocycles. The van der Waals surface area contributed by atoms with Crippen molar-refractivity contribution in [3.63, 3.8) is 0 Å². The van der Waals surface area contributed by atoms with Gasteiger partial charge in [-0.3, -0.25) is 0 Å². The molecule has 1 aromatic rings.